The Morgan fingerprint density at radius 3 is 2.76 bits per heavy atom. The number of benzene rings is 1. The van der Waals surface area contributed by atoms with Gasteiger partial charge in [-0.25, -0.2) is 0 Å². The predicted octanol–water partition coefficient (Wildman–Crippen LogP) is 4.36. The molecule has 3 aromatic rings. The average Bonchev–Trinajstić information content (AvgIpc) is 3.34. The van der Waals surface area contributed by atoms with E-state index in [9.17, 15) is 4.79 Å². The lowest BCUT2D eigenvalue weighted by Gasteiger charge is -2.11. The van der Waals surface area contributed by atoms with E-state index in [1.54, 1.807) is 14.2 Å². The van der Waals surface area contributed by atoms with Crippen LogP contribution in [0.3, 0.4) is 0 Å². The molecule has 4 rings (SSSR count). The first-order chi connectivity index (χ1) is 12.2. The van der Waals surface area contributed by atoms with E-state index in [1.165, 1.54) is 22.4 Å². The number of aldehydes is 1. The van der Waals surface area contributed by atoms with Gasteiger partial charge in [-0.3, -0.25) is 4.79 Å². The largest absolute Gasteiger partial charge is 0.388 e. The van der Waals surface area contributed by atoms with Gasteiger partial charge in [-0.1, -0.05) is 18.2 Å². The zero-order valence-electron chi connectivity index (χ0n) is 14.7. The maximum absolute atomic E-state index is 10.9. The average molecular weight is 336 g/mol. The molecule has 0 saturated carbocycles. The lowest BCUT2D eigenvalue weighted by Crippen LogP contribution is -1.98. The zero-order chi connectivity index (χ0) is 17.6. The number of nitrogens with one attached hydrogen (secondary N) is 2. The van der Waals surface area contributed by atoms with Crippen LogP contribution in [-0.4, -0.2) is 30.5 Å². The normalized spacial score (nSPS) is 15.4. The fourth-order valence-corrected chi connectivity index (χ4v) is 3.52. The van der Waals surface area contributed by atoms with Gasteiger partial charge in [-0.15, -0.1) is 0 Å². The molecule has 0 spiro atoms. The molecule has 0 bridgehead atoms. The molecule has 4 heteroatoms. The van der Waals surface area contributed by atoms with Crippen LogP contribution in [0.2, 0.25) is 0 Å². The molecule has 0 saturated heterocycles. The molecule has 1 aromatic carbocycles. The summed E-state index contributed by atoms with van der Waals surface area (Å²) in [6, 6.07) is 14.8. The number of carbonyl (C=O) groups excluding carboxylic acids is 1. The van der Waals surface area contributed by atoms with Crippen molar-refractivity contribution in [3.63, 3.8) is 0 Å². The number of fused-ring (bicyclic) bond motifs is 1. The minimum atomic E-state index is 0.513. The quantitative estimate of drug-likeness (QED) is 0.696. The Bertz CT molecular complexity index is 818. The second kappa shape index (κ2) is 7.99. The van der Waals surface area contributed by atoms with Gasteiger partial charge in [0.1, 0.15) is 0 Å². The zero-order valence-corrected chi connectivity index (χ0v) is 14.7. The Hall–Kier alpha value is -2.59. The molecular weight excluding hydrogens is 312 g/mol. The molecule has 2 aromatic heterocycles. The Balaban J connectivity index is 0.000000569. The molecule has 0 radical (unpaired) electrons. The van der Waals surface area contributed by atoms with Crippen molar-refractivity contribution in [2.45, 2.75) is 25.2 Å². The standard InChI is InChI=1S/C19H18N2O.C2H6O/c22-12-16-11-17-14(6-7-19(17)21-16)9-13-3-1-4-15(10-13)18-5-2-8-20-18;1-3-2/h1-5,8,10-12,14,20-21H,6-7,9H2;1-2H3. The number of aromatic amines is 2. The van der Waals surface area contributed by atoms with Gasteiger partial charge in [0.2, 0.25) is 0 Å². The molecule has 0 amide bonds. The molecule has 25 heavy (non-hydrogen) atoms. The van der Waals surface area contributed by atoms with Gasteiger partial charge in [0.05, 0.1) is 5.69 Å². The lowest BCUT2D eigenvalue weighted by atomic mass is 9.93. The summed E-state index contributed by atoms with van der Waals surface area (Å²) < 4.78 is 4.25. The first-order valence-corrected chi connectivity index (χ1v) is 8.55. The van der Waals surface area contributed by atoms with Crippen LogP contribution < -0.4 is 0 Å². The molecule has 4 nitrogen and oxygen atoms in total. The smallest absolute Gasteiger partial charge is 0.166 e. The van der Waals surface area contributed by atoms with Crippen LogP contribution in [0.15, 0.2) is 48.7 Å². The van der Waals surface area contributed by atoms with Crippen molar-refractivity contribution < 1.29 is 9.53 Å². The number of ether oxygens (including phenoxy) is 1. The van der Waals surface area contributed by atoms with E-state index in [2.05, 4.69) is 45.0 Å². The van der Waals surface area contributed by atoms with Gasteiger partial charge < -0.3 is 14.7 Å². The van der Waals surface area contributed by atoms with Gasteiger partial charge in [-0.2, -0.15) is 0 Å². The van der Waals surface area contributed by atoms with Crippen LogP contribution in [0, 0.1) is 0 Å². The monoisotopic (exact) mass is 336 g/mol. The van der Waals surface area contributed by atoms with E-state index in [1.807, 2.05) is 18.3 Å². The van der Waals surface area contributed by atoms with Crippen molar-refractivity contribution >= 4 is 6.29 Å². The number of hydrogen-bond acceptors (Lipinski definition) is 2. The third kappa shape index (κ3) is 3.91. The first kappa shape index (κ1) is 17.2. The predicted molar refractivity (Wildman–Crippen MR) is 100 cm³/mol. The van der Waals surface area contributed by atoms with Crippen LogP contribution in [0.25, 0.3) is 11.3 Å². The maximum Gasteiger partial charge on any atom is 0.166 e. The summed E-state index contributed by atoms with van der Waals surface area (Å²) in [6.07, 6.45) is 6.09. The number of aryl methyl sites for hydroxylation is 1. The van der Waals surface area contributed by atoms with E-state index < -0.39 is 0 Å². The van der Waals surface area contributed by atoms with Crippen LogP contribution in [-0.2, 0) is 17.6 Å². The Kier molecular flexibility index (Phi) is 5.51. The highest BCUT2D eigenvalue weighted by molar-refractivity contribution is 5.73. The summed E-state index contributed by atoms with van der Waals surface area (Å²) >= 11 is 0. The summed E-state index contributed by atoms with van der Waals surface area (Å²) in [5.74, 6) is 0.513. The summed E-state index contributed by atoms with van der Waals surface area (Å²) in [7, 11) is 3.25. The summed E-state index contributed by atoms with van der Waals surface area (Å²) in [5.41, 5.74) is 7.00. The van der Waals surface area contributed by atoms with Gasteiger partial charge in [0, 0.05) is 31.8 Å². The van der Waals surface area contributed by atoms with Crippen LogP contribution >= 0.6 is 0 Å². The van der Waals surface area contributed by atoms with Crippen LogP contribution in [0.1, 0.15) is 39.6 Å². The third-order valence-corrected chi connectivity index (χ3v) is 4.58. The second-order valence-electron chi connectivity index (χ2n) is 6.41. The second-order valence-corrected chi connectivity index (χ2v) is 6.41. The number of H-pyrrole nitrogens is 2. The Morgan fingerprint density at radius 2 is 2.04 bits per heavy atom. The fraction of sp³-hybridized carbons (Fsp3) is 0.286. The molecule has 0 aliphatic heterocycles. The number of rotatable bonds is 4. The molecule has 1 atom stereocenters. The SMILES string of the molecule is COC.O=Cc1cc2c([nH]1)CCC2Cc1cccc(-c2ccc[nH]2)c1. The van der Waals surface area contributed by atoms with E-state index in [-0.39, 0.29) is 0 Å². The van der Waals surface area contributed by atoms with Crippen molar-refractivity contribution in [3.8, 4) is 11.3 Å². The number of aromatic nitrogens is 2. The molecular formula is C21H24N2O2. The fourth-order valence-electron chi connectivity index (χ4n) is 3.52. The van der Waals surface area contributed by atoms with Crippen LogP contribution in [0.4, 0.5) is 0 Å². The van der Waals surface area contributed by atoms with Crippen molar-refractivity contribution in [2.75, 3.05) is 14.2 Å². The Labute approximate surface area is 148 Å². The van der Waals surface area contributed by atoms with E-state index in [0.29, 0.717) is 11.6 Å². The highest BCUT2D eigenvalue weighted by atomic mass is 16.4. The molecule has 1 unspecified atom stereocenters. The number of carbonyl (C=O) groups is 1. The van der Waals surface area contributed by atoms with Crippen molar-refractivity contribution in [1.82, 2.24) is 9.97 Å². The molecule has 1 aliphatic rings. The van der Waals surface area contributed by atoms with Crippen molar-refractivity contribution in [1.29, 1.82) is 0 Å². The van der Waals surface area contributed by atoms with Gasteiger partial charge in [-0.05, 0) is 66.1 Å². The van der Waals surface area contributed by atoms with E-state index in [0.717, 1.165) is 31.2 Å². The van der Waals surface area contributed by atoms with Gasteiger partial charge >= 0.3 is 0 Å². The van der Waals surface area contributed by atoms with E-state index in [4.69, 9.17) is 0 Å². The highest BCUT2D eigenvalue weighted by Crippen LogP contribution is 2.36. The minimum absolute atomic E-state index is 0.513. The number of hydrogen-bond donors (Lipinski definition) is 2. The van der Waals surface area contributed by atoms with Crippen LogP contribution in [0.5, 0.6) is 0 Å². The maximum atomic E-state index is 10.9. The first-order valence-electron chi connectivity index (χ1n) is 8.55. The highest BCUT2D eigenvalue weighted by Gasteiger charge is 2.25. The summed E-state index contributed by atoms with van der Waals surface area (Å²) in [6.45, 7) is 0. The topological polar surface area (TPSA) is 57.9 Å². The molecule has 2 N–H and O–H groups in total. The minimum Gasteiger partial charge on any atom is -0.388 e. The van der Waals surface area contributed by atoms with Crippen molar-refractivity contribution in [3.05, 3.63) is 71.2 Å². The molecule has 1 aliphatic carbocycles. The van der Waals surface area contributed by atoms with Crippen molar-refractivity contribution in [2.24, 2.45) is 0 Å². The van der Waals surface area contributed by atoms with Gasteiger partial charge in [0.25, 0.3) is 0 Å². The lowest BCUT2D eigenvalue weighted by molar-refractivity contribution is 0.111. The molecule has 130 valence electrons. The molecule has 2 heterocycles. The summed E-state index contributed by atoms with van der Waals surface area (Å²) in [4.78, 5) is 17.4. The van der Waals surface area contributed by atoms with Gasteiger partial charge in [0.15, 0.2) is 6.29 Å². The third-order valence-electron chi connectivity index (χ3n) is 4.58. The number of methoxy groups -OCH3 is 1. The summed E-state index contributed by atoms with van der Waals surface area (Å²) in [5, 5.41) is 0. The molecule has 0 fully saturated rings. The van der Waals surface area contributed by atoms with E-state index >= 15 is 0 Å². The Morgan fingerprint density at radius 1 is 1.20 bits per heavy atom.